The number of methoxy groups -OCH3 is 1. The van der Waals surface area contributed by atoms with Crippen molar-refractivity contribution in [3.05, 3.63) is 82.6 Å². The first-order chi connectivity index (χ1) is 13.5. The Hall–Kier alpha value is -2.89. The maximum Gasteiger partial charge on any atom is 0.257 e. The molecular formula is C22H21ClN2O3. The van der Waals surface area contributed by atoms with Crippen LogP contribution < -0.4 is 10.1 Å². The molecule has 1 aromatic heterocycles. The Balaban J connectivity index is 1.75. The number of benzene rings is 2. The third kappa shape index (κ3) is 4.68. The Morgan fingerprint density at radius 1 is 1.11 bits per heavy atom. The molecule has 0 radical (unpaired) electrons. The maximum atomic E-state index is 12.7. The highest BCUT2D eigenvalue weighted by Gasteiger charge is 2.14. The fraction of sp³-hybridized carbons (Fsp3) is 0.182. The second-order valence-corrected chi connectivity index (χ2v) is 6.67. The van der Waals surface area contributed by atoms with E-state index < -0.39 is 0 Å². The highest BCUT2D eigenvalue weighted by Crippen LogP contribution is 2.30. The molecule has 0 saturated heterocycles. The van der Waals surface area contributed by atoms with Gasteiger partial charge in [0.25, 0.3) is 5.91 Å². The average molecular weight is 397 g/mol. The van der Waals surface area contributed by atoms with Crippen molar-refractivity contribution in [2.45, 2.75) is 20.0 Å². The molecule has 2 aromatic carbocycles. The van der Waals surface area contributed by atoms with E-state index in [1.165, 1.54) is 0 Å². The molecule has 28 heavy (non-hydrogen) atoms. The largest absolute Gasteiger partial charge is 0.456 e. The molecule has 0 spiro atoms. The molecule has 1 unspecified atom stereocenters. The summed E-state index contributed by atoms with van der Waals surface area (Å²) >= 11 is 6.13. The lowest BCUT2D eigenvalue weighted by Gasteiger charge is -2.13. The molecular weight excluding hydrogens is 376 g/mol. The van der Waals surface area contributed by atoms with Crippen LogP contribution in [0.5, 0.6) is 11.5 Å². The fourth-order valence-corrected chi connectivity index (χ4v) is 2.83. The number of ether oxygens (including phenoxy) is 2. The first kappa shape index (κ1) is 19.9. The summed E-state index contributed by atoms with van der Waals surface area (Å²) in [5, 5.41) is 3.40. The molecule has 1 amide bonds. The number of carbonyl (C=O) groups excluding carboxylic acids is 1. The first-order valence-electron chi connectivity index (χ1n) is 8.82. The van der Waals surface area contributed by atoms with E-state index in [0.717, 1.165) is 5.69 Å². The molecule has 5 nitrogen and oxygen atoms in total. The number of nitrogens with one attached hydrogen (secondary N) is 1. The summed E-state index contributed by atoms with van der Waals surface area (Å²) in [6, 6.07) is 17.9. The van der Waals surface area contributed by atoms with E-state index >= 15 is 0 Å². The Bertz CT molecular complexity index is 991. The van der Waals surface area contributed by atoms with Gasteiger partial charge in [-0.3, -0.25) is 9.78 Å². The molecule has 0 bridgehead atoms. The lowest BCUT2D eigenvalue weighted by molar-refractivity contribution is 0.102. The number of nitrogens with zero attached hydrogens (tertiary/aromatic N) is 1. The van der Waals surface area contributed by atoms with Crippen molar-refractivity contribution in [3.8, 4) is 11.5 Å². The van der Waals surface area contributed by atoms with Crippen molar-refractivity contribution in [1.29, 1.82) is 0 Å². The summed E-state index contributed by atoms with van der Waals surface area (Å²) in [5.41, 5.74) is 2.54. The van der Waals surface area contributed by atoms with Gasteiger partial charge < -0.3 is 14.8 Å². The second-order valence-electron chi connectivity index (χ2n) is 6.26. The molecule has 0 saturated carbocycles. The van der Waals surface area contributed by atoms with E-state index in [9.17, 15) is 4.79 Å². The van der Waals surface area contributed by atoms with Crippen LogP contribution in [0.15, 0.2) is 60.7 Å². The lowest BCUT2D eigenvalue weighted by Crippen LogP contribution is -2.15. The van der Waals surface area contributed by atoms with Gasteiger partial charge in [0.1, 0.15) is 11.5 Å². The summed E-state index contributed by atoms with van der Waals surface area (Å²) in [6.45, 7) is 3.71. The molecule has 3 rings (SSSR count). The third-order valence-corrected chi connectivity index (χ3v) is 4.59. The normalized spacial score (nSPS) is 11.7. The Labute approximate surface area is 169 Å². The van der Waals surface area contributed by atoms with Gasteiger partial charge in [0, 0.05) is 18.9 Å². The van der Waals surface area contributed by atoms with Crippen LogP contribution in [0, 0.1) is 6.92 Å². The van der Waals surface area contributed by atoms with E-state index in [2.05, 4.69) is 10.3 Å². The number of hydrogen-bond acceptors (Lipinski definition) is 4. The first-order valence-corrected chi connectivity index (χ1v) is 9.20. The SMILES string of the molecule is COC(C)c1ccc(C(=O)Nc2cccc(Oc3ccccc3Cl)c2)c(C)n1. The topological polar surface area (TPSA) is 60.5 Å². The Morgan fingerprint density at radius 3 is 2.61 bits per heavy atom. The predicted molar refractivity (Wildman–Crippen MR) is 110 cm³/mol. The van der Waals surface area contributed by atoms with Gasteiger partial charge in [-0.25, -0.2) is 0 Å². The summed E-state index contributed by atoms with van der Waals surface area (Å²) in [4.78, 5) is 17.1. The standard InChI is InChI=1S/C22H21ClN2O3/c1-14-18(11-12-20(24-14)15(2)27-3)22(26)25-16-7-6-8-17(13-16)28-21-10-5-4-9-19(21)23/h4-13,15H,1-3H3,(H,25,26). The molecule has 1 N–H and O–H groups in total. The smallest absolute Gasteiger partial charge is 0.257 e. The van der Waals surface area contributed by atoms with Crippen LogP contribution in [-0.4, -0.2) is 18.0 Å². The molecule has 0 aliphatic carbocycles. The van der Waals surface area contributed by atoms with E-state index in [0.29, 0.717) is 33.5 Å². The van der Waals surface area contributed by atoms with Gasteiger partial charge in [-0.05, 0) is 50.2 Å². The minimum atomic E-state index is -0.239. The highest BCUT2D eigenvalue weighted by molar-refractivity contribution is 6.32. The molecule has 0 aliphatic heterocycles. The third-order valence-electron chi connectivity index (χ3n) is 4.28. The van der Waals surface area contributed by atoms with Crippen LogP contribution in [0.25, 0.3) is 0 Å². The van der Waals surface area contributed by atoms with Crippen LogP contribution in [0.2, 0.25) is 5.02 Å². The number of rotatable bonds is 6. The number of carbonyl (C=O) groups is 1. The van der Waals surface area contributed by atoms with Crippen LogP contribution >= 0.6 is 11.6 Å². The number of hydrogen-bond donors (Lipinski definition) is 1. The minimum Gasteiger partial charge on any atom is -0.456 e. The van der Waals surface area contributed by atoms with Crippen LogP contribution in [0.4, 0.5) is 5.69 Å². The summed E-state index contributed by atoms with van der Waals surface area (Å²) in [5.74, 6) is 0.886. The molecule has 0 aliphatic rings. The van der Waals surface area contributed by atoms with Gasteiger partial charge in [-0.15, -0.1) is 0 Å². The number of anilines is 1. The molecule has 1 atom stereocenters. The predicted octanol–water partition coefficient (Wildman–Crippen LogP) is 5.80. The average Bonchev–Trinajstić information content (AvgIpc) is 2.69. The van der Waals surface area contributed by atoms with Crippen molar-refractivity contribution in [2.24, 2.45) is 0 Å². The number of pyridine rings is 1. The van der Waals surface area contributed by atoms with Crippen LogP contribution in [0.1, 0.15) is 34.8 Å². The Kier molecular flexibility index (Phi) is 6.29. The number of amides is 1. The lowest BCUT2D eigenvalue weighted by atomic mass is 10.1. The van der Waals surface area contributed by atoms with Crippen molar-refractivity contribution < 1.29 is 14.3 Å². The Morgan fingerprint density at radius 2 is 1.89 bits per heavy atom. The zero-order valence-corrected chi connectivity index (χ0v) is 16.7. The molecule has 3 aromatic rings. The number of aryl methyl sites for hydroxylation is 1. The molecule has 0 fully saturated rings. The summed E-state index contributed by atoms with van der Waals surface area (Å²) in [7, 11) is 1.62. The van der Waals surface area contributed by atoms with E-state index in [1.807, 2.05) is 19.1 Å². The van der Waals surface area contributed by atoms with Crippen molar-refractivity contribution >= 4 is 23.2 Å². The highest BCUT2D eigenvalue weighted by atomic mass is 35.5. The van der Waals surface area contributed by atoms with E-state index in [1.54, 1.807) is 62.6 Å². The molecule has 144 valence electrons. The zero-order chi connectivity index (χ0) is 20.1. The second kappa shape index (κ2) is 8.87. The number of aromatic nitrogens is 1. The van der Waals surface area contributed by atoms with E-state index in [4.69, 9.17) is 21.1 Å². The zero-order valence-electron chi connectivity index (χ0n) is 15.9. The van der Waals surface area contributed by atoms with Gasteiger partial charge in [0.05, 0.1) is 28.1 Å². The number of halogens is 1. The van der Waals surface area contributed by atoms with Crippen LogP contribution in [-0.2, 0) is 4.74 Å². The van der Waals surface area contributed by atoms with Crippen molar-refractivity contribution in [1.82, 2.24) is 4.98 Å². The summed E-state index contributed by atoms with van der Waals surface area (Å²) in [6.07, 6.45) is -0.130. The van der Waals surface area contributed by atoms with Gasteiger partial charge in [-0.1, -0.05) is 29.8 Å². The van der Waals surface area contributed by atoms with Crippen LogP contribution in [0.3, 0.4) is 0 Å². The number of para-hydroxylation sites is 1. The van der Waals surface area contributed by atoms with Crippen molar-refractivity contribution in [3.63, 3.8) is 0 Å². The minimum absolute atomic E-state index is 0.130. The van der Waals surface area contributed by atoms with Gasteiger partial charge in [0.15, 0.2) is 0 Å². The van der Waals surface area contributed by atoms with Crippen molar-refractivity contribution in [2.75, 3.05) is 12.4 Å². The monoisotopic (exact) mass is 396 g/mol. The maximum absolute atomic E-state index is 12.7. The molecule has 1 heterocycles. The van der Waals surface area contributed by atoms with Gasteiger partial charge >= 0.3 is 0 Å². The van der Waals surface area contributed by atoms with E-state index in [-0.39, 0.29) is 12.0 Å². The fourth-order valence-electron chi connectivity index (χ4n) is 2.66. The van der Waals surface area contributed by atoms with Gasteiger partial charge in [-0.2, -0.15) is 0 Å². The summed E-state index contributed by atoms with van der Waals surface area (Å²) < 4.78 is 11.1. The van der Waals surface area contributed by atoms with Gasteiger partial charge in [0.2, 0.25) is 0 Å². The molecule has 6 heteroatoms. The quantitative estimate of drug-likeness (QED) is 0.572.